The molecule has 0 amide bonds. The van der Waals surface area contributed by atoms with Crippen molar-refractivity contribution >= 4 is 11.6 Å². The highest BCUT2D eigenvalue weighted by Crippen LogP contribution is 2.18. The van der Waals surface area contributed by atoms with E-state index in [2.05, 4.69) is 32.5 Å². The summed E-state index contributed by atoms with van der Waals surface area (Å²) in [5.74, 6) is 1.70. The van der Waals surface area contributed by atoms with Gasteiger partial charge in [-0.15, -0.1) is 0 Å². The van der Waals surface area contributed by atoms with Crippen LogP contribution in [-0.2, 0) is 6.54 Å². The summed E-state index contributed by atoms with van der Waals surface area (Å²) in [6.45, 7) is 4.78. The van der Waals surface area contributed by atoms with Gasteiger partial charge in [0.15, 0.2) is 0 Å². The first-order chi connectivity index (χ1) is 8.72. The molecule has 18 heavy (non-hydrogen) atoms. The Bertz CT molecular complexity index is 539. The Morgan fingerprint density at radius 2 is 1.94 bits per heavy atom. The Balaban J connectivity index is 2.14. The van der Waals surface area contributed by atoms with E-state index in [0.29, 0.717) is 0 Å². The molecule has 2 heterocycles. The zero-order valence-electron chi connectivity index (χ0n) is 10.9. The first kappa shape index (κ1) is 12.3. The van der Waals surface area contributed by atoms with E-state index in [1.165, 1.54) is 11.1 Å². The van der Waals surface area contributed by atoms with Crippen molar-refractivity contribution < 1.29 is 0 Å². The SMILES string of the molecule is CNc1ncnc(NCc2ccncc2C)c1C. The average Bonchev–Trinajstić information content (AvgIpc) is 2.39. The van der Waals surface area contributed by atoms with Crippen LogP contribution >= 0.6 is 0 Å². The summed E-state index contributed by atoms with van der Waals surface area (Å²) in [5, 5.41) is 6.37. The van der Waals surface area contributed by atoms with Crippen molar-refractivity contribution in [2.45, 2.75) is 20.4 Å². The molecule has 0 aliphatic carbocycles. The maximum Gasteiger partial charge on any atom is 0.134 e. The molecule has 0 aliphatic heterocycles. The summed E-state index contributed by atoms with van der Waals surface area (Å²) in [6, 6.07) is 2.01. The van der Waals surface area contributed by atoms with Crippen LogP contribution in [0.5, 0.6) is 0 Å². The van der Waals surface area contributed by atoms with Crippen molar-refractivity contribution in [3.63, 3.8) is 0 Å². The van der Waals surface area contributed by atoms with Crippen LogP contribution in [0.4, 0.5) is 11.6 Å². The number of nitrogens with zero attached hydrogens (tertiary/aromatic N) is 3. The van der Waals surface area contributed by atoms with Gasteiger partial charge >= 0.3 is 0 Å². The van der Waals surface area contributed by atoms with Crippen LogP contribution in [0.25, 0.3) is 0 Å². The van der Waals surface area contributed by atoms with Crippen LogP contribution < -0.4 is 10.6 Å². The van der Waals surface area contributed by atoms with Gasteiger partial charge in [-0.3, -0.25) is 4.98 Å². The molecule has 0 saturated carbocycles. The lowest BCUT2D eigenvalue weighted by atomic mass is 10.1. The molecule has 0 unspecified atom stereocenters. The number of anilines is 2. The lowest BCUT2D eigenvalue weighted by molar-refractivity contribution is 1.04. The van der Waals surface area contributed by atoms with E-state index < -0.39 is 0 Å². The Morgan fingerprint density at radius 3 is 2.67 bits per heavy atom. The molecule has 0 bridgehead atoms. The quantitative estimate of drug-likeness (QED) is 0.861. The fourth-order valence-corrected chi connectivity index (χ4v) is 1.76. The van der Waals surface area contributed by atoms with E-state index >= 15 is 0 Å². The molecule has 2 aromatic rings. The van der Waals surface area contributed by atoms with Gasteiger partial charge in [-0.25, -0.2) is 9.97 Å². The van der Waals surface area contributed by atoms with E-state index in [9.17, 15) is 0 Å². The highest BCUT2D eigenvalue weighted by atomic mass is 15.1. The summed E-state index contributed by atoms with van der Waals surface area (Å²) >= 11 is 0. The summed E-state index contributed by atoms with van der Waals surface area (Å²) < 4.78 is 0. The second-order valence-electron chi connectivity index (χ2n) is 4.10. The molecule has 2 N–H and O–H groups in total. The Morgan fingerprint density at radius 1 is 1.17 bits per heavy atom. The van der Waals surface area contributed by atoms with Gasteiger partial charge in [-0.1, -0.05) is 0 Å². The van der Waals surface area contributed by atoms with Gasteiger partial charge in [0.2, 0.25) is 0 Å². The van der Waals surface area contributed by atoms with Crippen LogP contribution in [0.15, 0.2) is 24.8 Å². The van der Waals surface area contributed by atoms with Crippen LogP contribution in [0.2, 0.25) is 0 Å². The number of hydrogen-bond donors (Lipinski definition) is 2. The lowest BCUT2D eigenvalue weighted by Gasteiger charge is -2.11. The van der Waals surface area contributed by atoms with Gasteiger partial charge in [0.05, 0.1) is 0 Å². The van der Waals surface area contributed by atoms with Gasteiger partial charge < -0.3 is 10.6 Å². The number of rotatable bonds is 4. The Hall–Kier alpha value is -2.17. The summed E-state index contributed by atoms with van der Waals surface area (Å²) in [6.07, 6.45) is 5.22. The van der Waals surface area contributed by atoms with Crippen molar-refractivity contribution in [2.24, 2.45) is 0 Å². The van der Waals surface area contributed by atoms with Gasteiger partial charge in [-0.05, 0) is 31.0 Å². The minimum absolute atomic E-state index is 0.732. The molecule has 0 spiro atoms. The zero-order valence-corrected chi connectivity index (χ0v) is 10.9. The largest absolute Gasteiger partial charge is 0.373 e. The molecular formula is C13H17N5. The number of aryl methyl sites for hydroxylation is 1. The van der Waals surface area contributed by atoms with Crippen molar-refractivity contribution in [2.75, 3.05) is 17.7 Å². The molecule has 0 radical (unpaired) electrons. The zero-order chi connectivity index (χ0) is 13.0. The topological polar surface area (TPSA) is 62.7 Å². The molecule has 5 nitrogen and oxygen atoms in total. The number of pyridine rings is 1. The molecule has 0 saturated heterocycles. The average molecular weight is 243 g/mol. The highest BCUT2D eigenvalue weighted by Gasteiger charge is 2.05. The predicted molar refractivity (Wildman–Crippen MR) is 72.6 cm³/mol. The first-order valence-corrected chi connectivity index (χ1v) is 5.85. The molecule has 2 rings (SSSR count). The first-order valence-electron chi connectivity index (χ1n) is 5.85. The molecule has 0 atom stereocenters. The molecule has 94 valence electrons. The molecule has 0 aromatic carbocycles. The number of aromatic nitrogens is 3. The minimum Gasteiger partial charge on any atom is -0.373 e. The van der Waals surface area contributed by atoms with E-state index in [1.54, 1.807) is 12.5 Å². The summed E-state index contributed by atoms with van der Waals surface area (Å²) in [7, 11) is 1.85. The molecule has 0 fully saturated rings. The summed E-state index contributed by atoms with van der Waals surface area (Å²) in [5.41, 5.74) is 3.41. The summed E-state index contributed by atoms with van der Waals surface area (Å²) in [4.78, 5) is 12.5. The highest BCUT2D eigenvalue weighted by molar-refractivity contribution is 5.56. The maximum atomic E-state index is 4.25. The maximum absolute atomic E-state index is 4.25. The van der Waals surface area contributed by atoms with Gasteiger partial charge in [-0.2, -0.15) is 0 Å². The molecular weight excluding hydrogens is 226 g/mol. The van der Waals surface area contributed by atoms with Crippen molar-refractivity contribution in [1.29, 1.82) is 0 Å². The monoisotopic (exact) mass is 243 g/mol. The van der Waals surface area contributed by atoms with Gasteiger partial charge in [0, 0.05) is 31.5 Å². The molecule has 5 heteroatoms. The van der Waals surface area contributed by atoms with E-state index in [0.717, 1.165) is 23.7 Å². The fraction of sp³-hybridized carbons (Fsp3) is 0.308. The lowest BCUT2D eigenvalue weighted by Crippen LogP contribution is -2.07. The van der Waals surface area contributed by atoms with Crippen LogP contribution in [0, 0.1) is 13.8 Å². The Labute approximate surface area is 107 Å². The standard InChI is InChI=1S/C13H17N5/c1-9-6-15-5-4-11(9)7-16-13-10(2)12(14-3)17-8-18-13/h4-6,8H,7H2,1-3H3,(H2,14,16,17,18). The van der Waals surface area contributed by atoms with Crippen LogP contribution in [0.3, 0.4) is 0 Å². The third-order valence-electron chi connectivity index (χ3n) is 2.90. The molecule has 0 aliphatic rings. The third kappa shape index (κ3) is 2.56. The van der Waals surface area contributed by atoms with Gasteiger partial charge in [0.1, 0.15) is 18.0 Å². The van der Waals surface area contributed by atoms with Crippen LogP contribution in [-0.4, -0.2) is 22.0 Å². The minimum atomic E-state index is 0.732. The Kier molecular flexibility index (Phi) is 3.72. The van der Waals surface area contributed by atoms with E-state index in [4.69, 9.17) is 0 Å². The van der Waals surface area contributed by atoms with E-state index in [1.807, 2.05) is 26.2 Å². The second-order valence-corrected chi connectivity index (χ2v) is 4.10. The number of nitrogens with one attached hydrogen (secondary N) is 2. The second kappa shape index (κ2) is 5.44. The van der Waals surface area contributed by atoms with Crippen molar-refractivity contribution in [3.8, 4) is 0 Å². The van der Waals surface area contributed by atoms with Crippen molar-refractivity contribution in [3.05, 3.63) is 41.5 Å². The third-order valence-corrected chi connectivity index (χ3v) is 2.90. The fourth-order valence-electron chi connectivity index (χ4n) is 1.76. The predicted octanol–water partition coefficient (Wildman–Crippen LogP) is 2.14. The van der Waals surface area contributed by atoms with Gasteiger partial charge in [0.25, 0.3) is 0 Å². The van der Waals surface area contributed by atoms with Crippen molar-refractivity contribution in [1.82, 2.24) is 15.0 Å². The molecule has 2 aromatic heterocycles. The van der Waals surface area contributed by atoms with E-state index in [-0.39, 0.29) is 0 Å². The normalized spacial score (nSPS) is 10.2. The smallest absolute Gasteiger partial charge is 0.134 e. The number of hydrogen-bond acceptors (Lipinski definition) is 5. The van der Waals surface area contributed by atoms with Crippen LogP contribution in [0.1, 0.15) is 16.7 Å².